The van der Waals surface area contributed by atoms with Gasteiger partial charge in [-0.2, -0.15) is 9.97 Å². The molecule has 0 aromatic carbocycles. The van der Waals surface area contributed by atoms with Crippen LogP contribution in [0.25, 0.3) is 0 Å². The van der Waals surface area contributed by atoms with Crippen molar-refractivity contribution in [3.05, 3.63) is 6.07 Å². The predicted molar refractivity (Wildman–Crippen MR) is 61.4 cm³/mol. The zero-order chi connectivity index (χ0) is 12.3. The molecule has 2 N–H and O–H groups in total. The van der Waals surface area contributed by atoms with E-state index in [1.54, 1.807) is 6.07 Å². The lowest BCUT2D eigenvalue weighted by Crippen LogP contribution is -2.34. The summed E-state index contributed by atoms with van der Waals surface area (Å²) < 4.78 is 15.8. The van der Waals surface area contributed by atoms with Crippen LogP contribution in [-0.4, -0.2) is 36.3 Å². The normalized spacial score (nSPS) is 23.5. The molecule has 1 aromatic heterocycles. The fraction of sp³-hybridized carbons (Fsp3) is 0.636. The van der Waals surface area contributed by atoms with Crippen LogP contribution >= 0.6 is 0 Å². The Morgan fingerprint density at radius 1 is 1.18 bits per heavy atom. The number of nitrogens with zero attached hydrogens (tertiary/aromatic N) is 2. The lowest BCUT2D eigenvalue weighted by Gasteiger charge is -2.16. The van der Waals surface area contributed by atoms with Crippen LogP contribution in [0.5, 0.6) is 17.8 Å². The van der Waals surface area contributed by atoms with E-state index in [9.17, 15) is 0 Å². The maximum Gasteiger partial charge on any atom is 0.323 e. The third kappa shape index (κ3) is 2.76. The minimum Gasteiger partial charge on any atom is -0.481 e. The summed E-state index contributed by atoms with van der Waals surface area (Å²) in [7, 11) is 3.07. The molecule has 0 bridgehead atoms. The first-order chi connectivity index (χ1) is 8.22. The van der Waals surface area contributed by atoms with Gasteiger partial charge in [0.15, 0.2) is 0 Å². The average Bonchev–Trinajstić information content (AvgIpc) is 2.74. The molecule has 0 spiro atoms. The van der Waals surface area contributed by atoms with Crippen LogP contribution in [0.2, 0.25) is 0 Å². The summed E-state index contributed by atoms with van der Waals surface area (Å²) >= 11 is 0. The summed E-state index contributed by atoms with van der Waals surface area (Å²) in [6.07, 6.45) is 2.97. The molecule has 2 unspecified atom stereocenters. The molecule has 94 valence electrons. The molecule has 1 heterocycles. The third-order valence-corrected chi connectivity index (χ3v) is 2.84. The number of methoxy groups -OCH3 is 2. The molecule has 1 aliphatic rings. The molecular formula is C11H17N3O3. The van der Waals surface area contributed by atoms with Crippen molar-refractivity contribution in [2.75, 3.05) is 14.2 Å². The van der Waals surface area contributed by atoms with E-state index in [2.05, 4.69) is 9.97 Å². The zero-order valence-corrected chi connectivity index (χ0v) is 10.0. The van der Waals surface area contributed by atoms with E-state index in [0.29, 0.717) is 11.8 Å². The first-order valence-electron chi connectivity index (χ1n) is 5.62. The first kappa shape index (κ1) is 11.9. The van der Waals surface area contributed by atoms with E-state index >= 15 is 0 Å². The Hall–Kier alpha value is -1.56. The molecule has 0 radical (unpaired) electrons. The van der Waals surface area contributed by atoms with Crippen molar-refractivity contribution in [1.29, 1.82) is 0 Å². The summed E-state index contributed by atoms with van der Waals surface area (Å²) in [5, 5.41) is 0. The van der Waals surface area contributed by atoms with E-state index in [4.69, 9.17) is 19.9 Å². The third-order valence-electron chi connectivity index (χ3n) is 2.84. The van der Waals surface area contributed by atoms with Gasteiger partial charge in [-0.05, 0) is 19.3 Å². The molecule has 2 atom stereocenters. The highest BCUT2D eigenvalue weighted by atomic mass is 16.5. The second kappa shape index (κ2) is 5.18. The Balaban J connectivity index is 2.14. The van der Waals surface area contributed by atoms with Gasteiger partial charge in [0.25, 0.3) is 0 Å². The molecule has 1 aliphatic carbocycles. The van der Waals surface area contributed by atoms with E-state index in [1.165, 1.54) is 14.2 Å². The Bertz CT molecular complexity index is 364. The van der Waals surface area contributed by atoms with Gasteiger partial charge in [0.05, 0.1) is 20.3 Å². The van der Waals surface area contributed by atoms with Crippen LogP contribution in [0.4, 0.5) is 0 Å². The monoisotopic (exact) mass is 239 g/mol. The van der Waals surface area contributed by atoms with Gasteiger partial charge >= 0.3 is 6.01 Å². The van der Waals surface area contributed by atoms with Gasteiger partial charge < -0.3 is 19.9 Å². The molecule has 0 saturated heterocycles. The van der Waals surface area contributed by atoms with E-state index in [0.717, 1.165) is 19.3 Å². The van der Waals surface area contributed by atoms with Crippen LogP contribution in [-0.2, 0) is 0 Å². The zero-order valence-electron chi connectivity index (χ0n) is 10.0. The molecule has 6 heteroatoms. The molecule has 2 rings (SSSR count). The summed E-state index contributed by atoms with van der Waals surface area (Å²) in [4.78, 5) is 8.21. The Morgan fingerprint density at radius 3 is 2.29 bits per heavy atom. The van der Waals surface area contributed by atoms with Crippen LogP contribution in [0.3, 0.4) is 0 Å². The molecular weight excluding hydrogens is 222 g/mol. The number of aromatic nitrogens is 2. The molecule has 0 amide bonds. The van der Waals surface area contributed by atoms with Crippen molar-refractivity contribution in [2.24, 2.45) is 5.73 Å². The number of rotatable bonds is 4. The first-order valence-corrected chi connectivity index (χ1v) is 5.62. The van der Waals surface area contributed by atoms with Gasteiger partial charge in [-0.15, -0.1) is 0 Å². The highest BCUT2D eigenvalue weighted by molar-refractivity contribution is 5.23. The lowest BCUT2D eigenvalue weighted by atomic mass is 10.2. The predicted octanol–water partition coefficient (Wildman–Crippen LogP) is 0.752. The van der Waals surface area contributed by atoms with E-state index in [1.807, 2.05) is 0 Å². The van der Waals surface area contributed by atoms with Gasteiger partial charge in [0.2, 0.25) is 11.8 Å². The molecule has 1 fully saturated rings. The number of ether oxygens (including phenoxy) is 3. The average molecular weight is 239 g/mol. The quantitative estimate of drug-likeness (QED) is 0.835. The Labute approximate surface area is 100 Å². The standard InChI is InChI=1S/C11H17N3O3/c1-15-9-6-10(16-2)14-11(13-9)17-8-5-3-4-7(8)12/h6-8H,3-5,12H2,1-2H3. The van der Waals surface area contributed by atoms with Crippen LogP contribution in [0, 0.1) is 0 Å². The van der Waals surface area contributed by atoms with Crippen LogP contribution in [0.15, 0.2) is 6.07 Å². The van der Waals surface area contributed by atoms with Gasteiger partial charge in [-0.3, -0.25) is 0 Å². The number of hydrogen-bond donors (Lipinski definition) is 1. The van der Waals surface area contributed by atoms with Crippen molar-refractivity contribution in [3.8, 4) is 17.8 Å². The topological polar surface area (TPSA) is 79.5 Å². The van der Waals surface area contributed by atoms with Crippen molar-refractivity contribution in [1.82, 2.24) is 9.97 Å². The minimum atomic E-state index is -0.0215. The maximum atomic E-state index is 5.92. The second-order valence-corrected chi connectivity index (χ2v) is 3.99. The fourth-order valence-electron chi connectivity index (χ4n) is 1.88. The summed E-state index contributed by atoms with van der Waals surface area (Å²) in [6.45, 7) is 0. The second-order valence-electron chi connectivity index (χ2n) is 3.99. The molecule has 1 aromatic rings. The van der Waals surface area contributed by atoms with Gasteiger partial charge in [-0.1, -0.05) is 0 Å². The maximum absolute atomic E-state index is 5.92. The minimum absolute atomic E-state index is 0.0215. The Morgan fingerprint density at radius 2 is 1.82 bits per heavy atom. The highest BCUT2D eigenvalue weighted by Gasteiger charge is 2.26. The molecule has 1 saturated carbocycles. The molecule has 6 nitrogen and oxygen atoms in total. The number of hydrogen-bond acceptors (Lipinski definition) is 6. The van der Waals surface area contributed by atoms with Crippen molar-refractivity contribution in [3.63, 3.8) is 0 Å². The number of nitrogens with two attached hydrogens (primary N) is 1. The van der Waals surface area contributed by atoms with Crippen LogP contribution < -0.4 is 19.9 Å². The largest absolute Gasteiger partial charge is 0.481 e. The van der Waals surface area contributed by atoms with Crippen LogP contribution in [0.1, 0.15) is 19.3 Å². The Kier molecular flexibility index (Phi) is 3.63. The summed E-state index contributed by atoms with van der Waals surface area (Å²) in [6, 6.07) is 1.90. The molecule has 17 heavy (non-hydrogen) atoms. The van der Waals surface area contributed by atoms with Gasteiger partial charge in [0, 0.05) is 6.04 Å². The van der Waals surface area contributed by atoms with E-state index in [-0.39, 0.29) is 18.2 Å². The fourth-order valence-corrected chi connectivity index (χ4v) is 1.88. The van der Waals surface area contributed by atoms with Crippen molar-refractivity contribution in [2.45, 2.75) is 31.4 Å². The van der Waals surface area contributed by atoms with Gasteiger partial charge in [-0.25, -0.2) is 0 Å². The van der Waals surface area contributed by atoms with E-state index < -0.39 is 0 Å². The summed E-state index contributed by atoms with van der Waals surface area (Å²) in [5.74, 6) is 0.830. The molecule has 0 aliphatic heterocycles. The highest BCUT2D eigenvalue weighted by Crippen LogP contribution is 2.24. The summed E-state index contributed by atoms with van der Waals surface area (Å²) in [5.41, 5.74) is 5.92. The van der Waals surface area contributed by atoms with Crippen molar-refractivity contribution >= 4 is 0 Å². The smallest absolute Gasteiger partial charge is 0.323 e. The van der Waals surface area contributed by atoms with Crippen molar-refractivity contribution < 1.29 is 14.2 Å². The lowest BCUT2D eigenvalue weighted by molar-refractivity contribution is 0.171. The van der Waals surface area contributed by atoms with Gasteiger partial charge in [0.1, 0.15) is 6.10 Å². The SMILES string of the molecule is COc1cc(OC)nc(OC2CCCC2N)n1.